The Morgan fingerprint density at radius 2 is 0.885 bits per heavy atom. The molecule has 0 saturated heterocycles. The second kappa shape index (κ2) is 12.5. The molecule has 0 spiro atoms. The van der Waals surface area contributed by atoms with Crippen LogP contribution in [-0.4, -0.2) is 4.57 Å². The van der Waals surface area contributed by atoms with Crippen molar-refractivity contribution in [1.82, 2.24) is 4.57 Å². The van der Waals surface area contributed by atoms with E-state index < -0.39 is 0 Å². The number of rotatable bonds is 6. The monoisotopic (exact) mass is 662 g/mol. The molecule has 244 valence electrons. The van der Waals surface area contributed by atoms with Crippen LogP contribution in [0.25, 0.3) is 71.3 Å². The van der Waals surface area contributed by atoms with Gasteiger partial charge in [-0.2, -0.15) is 0 Å². The Balaban J connectivity index is 1.16. The van der Waals surface area contributed by atoms with Crippen molar-refractivity contribution in [1.29, 1.82) is 0 Å². The first-order chi connectivity index (χ1) is 25.8. The van der Waals surface area contributed by atoms with Crippen molar-refractivity contribution in [2.75, 3.05) is 4.90 Å². The summed E-state index contributed by atoms with van der Waals surface area (Å²) in [6, 6.07) is 74.8. The van der Waals surface area contributed by atoms with Crippen LogP contribution < -0.4 is 4.90 Å². The molecule has 0 fully saturated rings. The van der Waals surface area contributed by atoms with Crippen molar-refractivity contribution >= 4 is 60.4 Å². The van der Waals surface area contributed by atoms with Crippen LogP contribution >= 0.6 is 0 Å². The van der Waals surface area contributed by atoms with E-state index in [1.165, 1.54) is 65.6 Å². The van der Waals surface area contributed by atoms with Gasteiger partial charge in [-0.05, 0) is 98.9 Å². The number of anilines is 3. The van der Waals surface area contributed by atoms with Gasteiger partial charge in [-0.3, -0.25) is 0 Å². The van der Waals surface area contributed by atoms with Gasteiger partial charge in [0.25, 0.3) is 0 Å². The molecule has 52 heavy (non-hydrogen) atoms. The molecule has 0 radical (unpaired) electrons. The van der Waals surface area contributed by atoms with Crippen molar-refractivity contribution in [3.05, 3.63) is 206 Å². The van der Waals surface area contributed by atoms with Gasteiger partial charge in [-0.1, -0.05) is 146 Å². The van der Waals surface area contributed by atoms with Crippen LogP contribution in [0, 0.1) is 0 Å². The number of hydrogen-bond donors (Lipinski definition) is 0. The Bertz CT molecular complexity index is 2840. The van der Waals surface area contributed by atoms with Gasteiger partial charge in [0, 0.05) is 33.4 Å². The summed E-state index contributed by atoms with van der Waals surface area (Å²) < 4.78 is 2.39. The van der Waals surface area contributed by atoms with Gasteiger partial charge in [0.15, 0.2) is 0 Å². The second-order valence-electron chi connectivity index (χ2n) is 13.4. The lowest BCUT2D eigenvalue weighted by molar-refractivity contribution is 1.18. The molecule has 0 unspecified atom stereocenters. The van der Waals surface area contributed by atoms with Crippen LogP contribution in [0.2, 0.25) is 0 Å². The number of aromatic nitrogens is 1. The molecule has 10 rings (SSSR count). The van der Waals surface area contributed by atoms with E-state index in [2.05, 4.69) is 216 Å². The molecule has 0 bridgehead atoms. The molecule has 1 heterocycles. The fourth-order valence-corrected chi connectivity index (χ4v) is 7.94. The third kappa shape index (κ3) is 5.04. The third-order valence-electron chi connectivity index (χ3n) is 10.3. The summed E-state index contributed by atoms with van der Waals surface area (Å²) >= 11 is 0. The number of nitrogens with zero attached hydrogens (tertiary/aromatic N) is 2. The summed E-state index contributed by atoms with van der Waals surface area (Å²) in [6.45, 7) is 0. The topological polar surface area (TPSA) is 8.17 Å². The highest BCUT2D eigenvalue weighted by molar-refractivity contribution is 6.16. The minimum atomic E-state index is 1.12. The van der Waals surface area contributed by atoms with Gasteiger partial charge in [0.05, 0.1) is 16.7 Å². The largest absolute Gasteiger partial charge is 0.310 e. The van der Waals surface area contributed by atoms with Crippen LogP contribution in [0.5, 0.6) is 0 Å². The van der Waals surface area contributed by atoms with Crippen molar-refractivity contribution < 1.29 is 0 Å². The Morgan fingerprint density at radius 1 is 0.346 bits per heavy atom. The zero-order valence-corrected chi connectivity index (χ0v) is 28.5. The molecule has 0 amide bonds. The van der Waals surface area contributed by atoms with E-state index in [1.54, 1.807) is 0 Å². The molecule has 0 saturated carbocycles. The highest BCUT2D eigenvalue weighted by atomic mass is 15.1. The minimum absolute atomic E-state index is 1.12. The number of hydrogen-bond acceptors (Lipinski definition) is 1. The summed E-state index contributed by atoms with van der Waals surface area (Å²) in [5.41, 5.74) is 11.7. The smallest absolute Gasteiger partial charge is 0.0547 e. The molecule has 1 aromatic heterocycles. The van der Waals surface area contributed by atoms with E-state index in [0.717, 1.165) is 22.7 Å². The number of fused-ring (bicyclic) bond motifs is 5. The van der Waals surface area contributed by atoms with Crippen molar-refractivity contribution in [3.63, 3.8) is 0 Å². The van der Waals surface area contributed by atoms with Crippen LogP contribution in [-0.2, 0) is 0 Å². The SMILES string of the molecule is c1ccc(-n2c3ccccc3c3c(-c4cccc(-c5ccccc5N(c5ccc6ccccc6c5)c5ccc6ccccc6c5)c4)cccc32)cc1. The lowest BCUT2D eigenvalue weighted by atomic mass is 9.94. The van der Waals surface area contributed by atoms with Crippen LogP contribution in [0.15, 0.2) is 206 Å². The van der Waals surface area contributed by atoms with Crippen LogP contribution in [0.3, 0.4) is 0 Å². The highest BCUT2D eigenvalue weighted by Crippen LogP contribution is 2.44. The Labute approximate surface area is 303 Å². The Morgan fingerprint density at radius 3 is 1.62 bits per heavy atom. The van der Waals surface area contributed by atoms with E-state index in [4.69, 9.17) is 0 Å². The highest BCUT2D eigenvalue weighted by Gasteiger charge is 2.20. The van der Waals surface area contributed by atoms with Gasteiger partial charge < -0.3 is 9.47 Å². The van der Waals surface area contributed by atoms with E-state index in [9.17, 15) is 0 Å². The summed E-state index contributed by atoms with van der Waals surface area (Å²) in [4.78, 5) is 2.41. The molecule has 2 heteroatoms. The molecule has 9 aromatic carbocycles. The first-order valence-corrected chi connectivity index (χ1v) is 17.9. The molecular weight excluding hydrogens is 629 g/mol. The zero-order valence-electron chi connectivity index (χ0n) is 28.5. The van der Waals surface area contributed by atoms with E-state index in [1.807, 2.05) is 0 Å². The summed E-state index contributed by atoms with van der Waals surface area (Å²) in [5.74, 6) is 0. The maximum absolute atomic E-state index is 2.41. The molecule has 10 aromatic rings. The van der Waals surface area contributed by atoms with Gasteiger partial charge in [-0.25, -0.2) is 0 Å². The maximum atomic E-state index is 2.41. The van der Waals surface area contributed by atoms with E-state index in [-0.39, 0.29) is 0 Å². The molecule has 0 aliphatic carbocycles. The summed E-state index contributed by atoms with van der Waals surface area (Å²) in [7, 11) is 0. The molecular formula is C50H34N2. The number of para-hydroxylation sites is 3. The molecule has 0 aliphatic heterocycles. The van der Waals surface area contributed by atoms with E-state index in [0.29, 0.717) is 0 Å². The predicted octanol–water partition coefficient (Wildman–Crippen LogP) is 13.9. The van der Waals surface area contributed by atoms with Gasteiger partial charge in [0.1, 0.15) is 0 Å². The van der Waals surface area contributed by atoms with Gasteiger partial charge >= 0.3 is 0 Å². The predicted molar refractivity (Wildman–Crippen MR) is 221 cm³/mol. The third-order valence-corrected chi connectivity index (χ3v) is 10.3. The van der Waals surface area contributed by atoms with E-state index >= 15 is 0 Å². The molecule has 0 aliphatic rings. The Kier molecular flexibility index (Phi) is 7.18. The molecule has 0 atom stereocenters. The van der Waals surface area contributed by atoms with Gasteiger partial charge in [0.2, 0.25) is 0 Å². The zero-order chi connectivity index (χ0) is 34.4. The fraction of sp³-hybridized carbons (Fsp3) is 0. The van der Waals surface area contributed by atoms with Gasteiger partial charge in [-0.15, -0.1) is 0 Å². The maximum Gasteiger partial charge on any atom is 0.0547 e. The fourth-order valence-electron chi connectivity index (χ4n) is 7.94. The quantitative estimate of drug-likeness (QED) is 0.172. The van der Waals surface area contributed by atoms with Crippen LogP contribution in [0.4, 0.5) is 17.1 Å². The van der Waals surface area contributed by atoms with Crippen molar-refractivity contribution in [2.24, 2.45) is 0 Å². The number of benzene rings is 9. The second-order valence-corrected chi connectivity index (χ2v) is 13.4. The summed E-state index contributed by atoms with van der Waals surface area (Å²) in [5, 5.41) is 7.41. The normalized spacial score (nSPS) is 11.5. The lowest BCUT2D eigenvalue weighted by Gasteiger charge is -2.28. The van der Waals surface area contributed by atoms with Crippen molar-refractivity contribution in [2.45, 2.75) is 0 Å². The molecule has 0 N–H and O–H groups in total. The average Bonchev–Trinajstić information content (AvgIpc) is 3.56. The van der Waals surface area contributed by atoms with Crippen LogP contribution in [0.1, 0.15) is 0 Å². The molecule has 2 nitrogen and oxygen atoms in total. The first kappa shape index (κ1) is 30.0. The average molecular weight is 663 g/mol. The first-order valence-electron chi connectivity index (χ1n) is 17.9. The minimum Gasteiger partial charge on any atom is -0.310 e. The standard InChI is InChI=1S/C50H34N2/c1-2-20-41(21-3-1)52-48-26-11-9-23-46(48)50-45(24-13-27-49(50)52)40-19-12-18-39(32-40)44-22-8-10-25-47(44)51(42-30-28-35-14-4-6-16-37(35)33-42)43-31-29-36-15-5-7-17-38(36)34-43/h1-34H. The summed E-state index contributed by atoms with van der Waals surface area (Å²) in [6.07, 6.45) is 0. The lowest BCUT2D eigenvalue weighted by Crippen LogP contribution is -2.11. The van der Waals surface area contributed by atoms with Crippen molar-refractivity contribution in [3.8, 4) is 27.9 Å². The Hall–Kier alpha value is -6.90.